The van der Waals surface area contributed by atoms with Crippen LogP contribution in [0.1, 0.15) is 5.56 Å². The second kappa shape index (κ2) is 4.05. The lowest BCUT2D eigenvalue weighted by Gasteiger charge is -2.02. The normalized spacial score (nSPS) is 11.6. The van der Waals surface area contributed by atoms with E-state index in [9.17, 15) is 8.42 Å². The monoisotopic (exact) mass is 237 g/mol. The van der Waals surface area contributed by atoms with E-state index in [0.29, 0.717) is 0 Å². The topological polar surface area (TPSA) is 64.8 Å². The summed E-state index contributed by atoms with van der Waals surface area (Å²) in [6.45, 7) is 0. The third-order valence-electron chi connectivity index (χ3n) is 2.05. The Bertz CT molecular complexity index is 559. The molecule has 5 nitrogen and oxygen atoms in total. The van der Waals surface area contributed by atoms with Gasteiger partial charge in [-0.2, -0.15) is 5.10 Å². The van der Waals surface area contributed by atoms with E-state index in [-0.39, 0.29) is 5.75 Å². The molecule has 0 saturated carbocycles. The lowest BCUT2D eigenvalue weighted by molar-refractivity contribution is 0.601. The van der Waals surface area contributed by atoms with Crippen LogP contribution < -0.4 is 0 Å². The fourth-order valence-electron chi connectivity index (χ4n) is 1.39. The van der Waals surface area contributed by atoms with Gasteiger partial charge in [0.15, 0.2) is 9.84 Å². The first-order chi connectivity index (χ1) is 7.54. The summed E-state index contributed by atoms with van der Waals surface area (Å²) in [5.74, 6) is 0.0602. The van der Waals surface area contributed by atoms with Gasteiger partial charge in [-0.05, 0) is 17.7 Å². The molecule has 84 valence electrons. The Morgan fingerprint density at radius 3 is 2.44 bits per heavy atom. The van der Waals surface area contributed by atoms with Crippen molar-refractivity contribution in [1.82, 2.24) is 14.8 Å². The smallest absolute Gasteiger partial charge is 0.151 e. The molecule has 1 aromatic heterocycles. The molecule has 0 aliphatic carbocycles. The quantitative estimate of drug-likeness (QED) is 0.792. The van der Waals surface area contributed by atoms with Crippen molar-refractivity contribution in [2.45, 2.75) is 5.75 Å². The van der Waals surface area contributed by atoms with Gasteiger partial charge in [-0.15, -0.1) is 0 Å². The highest BCUT2D eigenvalue weighted by atomic mass is 32.2. The van der Waals surface area contributed by atoms with E-state index in [1.54, 1.807) is 23.1 Å². The van der Waals surface area contributed by atoms with Crippen LogP contribution in [0.15, 0.2) is 36.9 Å². The summed E-state index contributed by atoms with van der Waals surface area (Å²) < 4.78 is 23.8. The fourth-order valence-corrected chi connectivity index (χ4v) is 2.19. The first-order valence-electron chi connectivity index (χ1n) is 4.66. The molecule has 0 radical (unpaired) electrons. The largest absolute Gasteiger partial charge is 0.229 e. The van der Waals surface area contributed by atoms with Crippen LogP contribution >= 0.6 is 0 Å². The van der Waals surface area contributed by atoms with E-state index in [1.165, 1.54) is 12.6 Å². The van der Waals surface area contributed by atoms with Crippen molar-refractivity contribution in [3.05, 3.63) is 42.5 Å². The Labute approximate surface area is 93.7 Å². The van der Waals surface area contributed by atoms with Crippen LogP contribution in [-0.2, 0) is 15.6 Å². The minimum atomic E-state index is -2.98. The number of aromatic nitrogens is 3. The van der Waals surface area contributed by atoms with Crippen LogP contribution in [0.5, 0.6) is 0 Å². The van der Waals surface area contributed by atoms with Gasteiger partial charge >= 0.3 is 0 Å². The van der Waals surface area contributed by atoms with E-state index in [1.807, 2.05) is 12.1 Å². The van der Waals surface area contributed by atoms with Gasteiger partial charge < -0.3 is 0 Å². The molecule has 2 aromatic rings. The van der Waals surface area contributed by atoms with Gasteiger partial charge in [0.05, 0.1) is 11.4 Å². The molecule has 0 bridgehead atoms. The van der Waals surface area contributed by atoms with Crippen LogP contribution in [0.3, 0.4) is 0 Å². The maximum Gasteiger partial charge on any atom is 0.151 e. The molecule has 0 N–H and O–H groups in total. The van der Waals surface area contributed by atoms with Gasteiger partial charge in [-0.3, -0.25) is 0 Å². The summed E-state index contributed by atoms with van der Waals surface area (Å²) in [6, 6.07) is 7.18. The standard InChI is InChI=1S/C10H11N3O2S/c1-16(14,15)6-9-2-4-10(5-3-9)13-8-11-7-12-13/h2-5,7-8H,6H2,1H3. The van der Waals surface area contributed by atoms with Crippen LogP contribution in [0, 0.1) is 0 Å². The summed E-state index contributed by atoms with van der Waals surface area (Å²) in [5.41, 5.74) is 1.63. The lowest BCUT2D eigenvalue weighted by atomic mass is 10.2. The molecule has 0 saturated heterocycles. The summed E-state index contributed by atoms with van der Waals surface area (Å²) in [4.78, 5) is 3.84. The predicted molar refractivity (Wildman–Crippen MR) is 59.9 cm³/mol. The molecule has 0 amide bonds. The zero-order valence-corrected chi connectivity index (χ0v) is 9.55. The van der Waals surface area contributed by atoms with Gasteiger partial charge in [0.2, 0.25) is 0 Å². The van der Waals surface area contributed by atoms with E-state index >= 15 is 0 Å². The Kier molecular flexibility index (Phi) is 2.74. The number of nitrogens with zero attached hydrogens (tertiary/aromatic N) is 3. The zero-order chi connectivity index (χ0) is 11.6. The SMILES string of the molecule is CS(=O)(=O)Cc1ccc(-n2cncn2)cc1. The molecule has 2 rings (SSSR count). The maximum atomic E-state index is 11.1. The molecule has 16 heavy (non-hydrogen) atoms. The van der Waals surface area contributed by atoms with Gasteiger partial charge in [-0.25, -0.2) is 18.1 Å². The Balaban J connectivity index is 2.24. The fraction of sp³-hybridized carbons (Fsp3) is 0.200. The van der Waals surface area contributed by atoms with E-state index < -0.39 is 9.84 Å². The molecule has 0 atom stereocenters. The average Bonchev–Trinajstić information content (AvgIpc) is 2.69. The van der Waals surface area contributed by atoms with Crippen molar-refractivity contribution >= 4 is 9.84 Å². The molecule has 1 aromatic carbocycles. The first kappa shape index (κ1) is 10.8. The molecular weight excluding hydrogens is 226 g/mol. The van der Waals surface area contributed by atoms with Crippen LogP contribution in [-0.4, -0.2) is 29.4 Å². The van der Waals surface area contributed by atoms with Crippen LogP contribution in [0.4, 0.5) is 0 Å². The number of hydrogen-bond acceptors (Lipinski definition) is 4. The van der Waals surface area contributed by atoms with Crippen molar-refractivity contribution in [2.75, 3.05) is 6.26 Å². The average molecular weight is 237 g/mol. The predicted octanol–water partition coefficient (Wildman–Crippen LogP) is 0.812. The first-order valence-corrected chi connectivity index (χ1v) is 6.72. The Morgan fingerprint density at radius 1 is 1.25 bits per heavy atom. The molecule has 6 heteroatoms. The molecule has 1 heterocycles. The second-order valence-corrected chi connectivity index (χ2v) is 5.72. The highest BCUT2D eigenvalue weighted by Crippen LogP contribution is 2.10. The number of sulfone groups is 1. The minimum absolute atomic E-state index is 0.0602. The van der Waals surface area contributed by atoms with E-state index in [2.05, 4.69) is 10.1 Å². The number of hydrogen-bond donors (Lipinski definition) is 0. The highest BCUT2D eigenvalue weighted by molar-refractivity contribution is 7.89. The van der Waals surface area contributed by atoms with Gasteiger partial charge in [0.1, 0.15) is 12.7 Å². The second-order valence-electron chi connectivity index (χ2n) is 3.58. The van der Waals surface area contributed by atoms with Crippen molar-refractivity contribution in [1.29, 1.82) is 0 Å². The maximum absolute atomic E-state index is 11.1. The lowest BCUT2D eigenvalue weighted by Crippen LogP contribution is -2.01. The van der Waals surface area contributed by atoms with Crippen LogP contribution in [0.25, 0.3) is 5.69 Å². The Hall–Kier alpha value is -1.69. The molecular formula is C10H11N3O2S. The van der Waals surface area contributed by atoms with Gasteiger partial charge in [0.25, 0.3) is 0 Å². The number of benzene rings is 1. The third kappa shape index (κ3) is 2.66. The van der Waals surface area contributed by atoms with Gasteiger partial charge in [0, 0.05) is 6.26 Å². The van der Waals surface area contributed by atoms with Crippen molar-refractivity contribution in [2.24, 2.45) is 0 Å². The highest BCUT2D eigenvalue weighted by Gasteiger charge is 2.04. The number of rotatable bonds is 3. The van der Waals surface area contributed by atoms with E-state index in [0.717, 1.165) is 11.3 Å². The third-order valence-corrected chi connectivity index (χ3v) is 2.91. The summed E-state index contributed by atoms with van der Waals surface area (Å²) in [5, 5.41) is 3.98. The zero-order valence-electron chi connectivity index (χ0n) is 8.74. The van der Waals surface area contributed by atoms with Gasteiger partial charge in [-0.1, -0.05) is 12.1 Å². The van der Waals surface area contributed by atoms with Crippen molar-refractivity contribution in [3.63, 3.8) is 0 Å². The Morgan fingerprint density at radius 2 is 1.94 bits per heavy atom. The molecule has 0 aliphatic heterocycles. The molecule has 0 aliphatic rings. The summed E-state index contributed by atoms with van der Waals surface area (Å²) in [7, 11) is -2.98. The molecule has 0 unspecified atom stereocenters. The van der Waals surface area contributed by atoms with Crippen molar-refractivity contribution < 1.29 is 8.42 Å². The van der Waals surface area contributed by atoms with Crippen LogP contribution in [0.2, 0.25) is 0 Å². The summed E-state index contributed by atoms with van der Waals surface area (Å²) in [6.07, 6.45) is 4.26. The van der Waals surface area contributed by atoms with Crippen molar-refractivity contribution in [3.8, 4) is 5.69 Å². The van der Waals surface area contributed by atoms with E-state index in [4.69, 9.17) is 0 Å². The summed E-state index contributed by atoms with van der Waals surface area (Å²) >= 11 is 0. The molecule has 0 fully saturated rings. The molecule has 0 spiro atoms. The minimum Gasteiger partial charge on any atom is -0.229 e.